The van der Waals surface area contributed by atoms with Gasteiger partial charge in [0, 0.05) is 30.9 Å². The van der Waals surface area contributed by atoms with Crippen LogP contribution in [0.25, 0.3) is 0 Å². The second-order valence-corrected chi connectivity index (χ2v) is 4.85. The van der Waals surface area contributed by atoms with Gasteiger partial charge in [0.25, 0.3) is 5.91 Å². The van der Waals surface area contributed by atoms with Gasteiger partial charge in [-0.1, -0.05) is 11.8 Å². The summed E-state index contributed by atoms with van der Waals surface area (Å²) in [6, 6.07) is 7.26. The number of rotatable bonds is 3. The molecule has 0 atom stereocenters. The summed E-state index contributed by atoms with van der Waals surface area (Å²) in [6.07, 6.45) is 2.04. The van der Waals surface area contributed by atoms with Crippen molar-refractivity contribution in [3.8, 4) is 11.8 Å². The van der Waals surface area contributed by atoms with Crippen LogP contribution in [0.1, 0.15) is 28.8 Å². The van der Waals surface area contributed by atoms with E-state index in [2.05, 4.69) is 17.2 Å². The van der Waals surface area contributed by atoms with E-state index in [1.54, 1.807) is 12.1 Å². The molecule has 4 heteroatoms. The fourth-order valence-electron chi connectivity index (χ4n) is 2.15. The van der Waals surface area contributed by atoms with Crippen molar-refractivity contribution in [3.63, 3.8) is 0 Å². The Kier molecular flexibility index (Phi) is 5.60. The molecule has 0 bridgehead atoms. The van der Waals surface area contributed by atoms with Crippen LogP contribution in [0.15, 0.2) is 24.3 Å². The van der Waals surface area contributed by atoms with Crippen LogP contribution in [-0.2, 0) is 4.74 Å². The van der Waals surface area contributed by atoms with Gasteiger partial charge in [-0.05, 0) is 43.0 Å². The molecule has 2 rings (SSSR count). The average Bonchev–Trinajstić information content (AvgIpc) is 2.52. The number of nitrogens with two attached hydrogens (primary N) is 1. The summed E-state index contributed by atoms with van der Waals surface area (Å²) in [7, 11) is 0. The van der Waals surface area contributed by atoms with E-state index < -0.39 is 0 Å². The molecule has 1 amide bonds. The first-order valence-corrected chi connectivity index (χ1v) is 6.94. The summed E-state index contributed by atoms with van der Waals surface area (Å²) in [4.78, 5) is 12.0. The third kappa shape index (κ3) is 4.37. The zero-order chi connectivity index (χ0) is 14.2. The lowest BCUT2D eigenvalue weighted by Gasteiger charge is -2.22. The molecule has 0 aliphatic carbocycles. The predicted molar refractivity (Wildman–Crippen MR) is 78.3 cm³/mol. The first-order valence-electron chi connectivity index (χ1n) is 6.94. The van der Waals surface area contributed by atoms with Gasteiger partial charge in [0.05, 0.1) is 6.54 Å². The summed E-state index contributed by atoms with van der Waals surface area (Å²) in [5.41, 5.74) is 6.85. The minimum atomic E-state index is -0.0326. The molecule has 1 aliphatic rings. The first kappa shape index (κ1) is 14.6. The molecule has 1 saturated heterocycles. The number of benzene rings is 1. The third-order valence-corrected chi connectivity index (χ3v) is 3.37. The van der Waals surface area contributed by atoms with Gasteiger partial charge in [0.1, 0.15) is 0 Å². The molecule has 4 nitrogen and oxygen atoms in total. The highest BCUT2D eigenvalue weighted by Gasteiger charge is 2.15. The molecule has 1 aliphatic heterocycles. The number of amides is 1. The molecule has 1 aromatic carbocycles. The van der Waals surface area contributed by atoms with Gasteiger partial charge in [-0.15, -0.1) is 0 Å². The van der Waals surface area contributed by atoms with Gasteiger partial charge in [0.15, 0.2) is 0 Å². The van der Waals surface area contributed by atoms with E-state index in [1.807, 2.05) is 12.1 Å². The van der Waals surface area contributed by atoms with Crippen molar-refractivity contribution in [2.24, 2.45) is 11.7 Å². The Morgan fingerprint density at radius 1 is 1.30 bits per heavy atom. The van der Waals surface area contributed by atoms with Crippen molar-refractivity contribution >= 4 is 5.91 Å². The number of carbonyl (C=O) groups is 1. The molecular weight excluding hydrogens is 252 g/mol. The Hall–Kier alpha value is -1.83. The van der Waals surface area contributed by atoms with Crippen LogP contribution in [0.3, 0.4) is 0 Å². The Bertz CT molecular complexity index is 493. The summed E-state index contributed by atoms with van der Waals surface area (Å²) < 4.78 is 5.30. The average molecular weight is 272 g/mol. The normalized spacial score (nSPS) is 15.2. The van der Waals surface area contributed by atoms with Crippen molar-refractivity contribution in [2.75, 3.05) is 26.3 Å². The van der Waals surface area contributed by atoms with Crippen molar-refractivity contribution in [3.05, 3.63) is 35.4 Å². The largest absolute Gasteiger partial charge is 0.381 e. The second-order valence-electron chi connectivity index (χ2n) is 4.85. The lowest BCUT2D eigenvalue weighted by molar-refractivity contribution is 0.0642. The molecule has 0 saturated carbocycles. The predicted octanol–water partition coefficient (Wildman–Crippen LogP) is 1.15. The van der Waals surface area contributed by atoms with Crippen LogP contribution in [-0.4, -0.2) is 32.2 Å². The van der Waals surface area contributed by atoms with Crippen LogP contribution in [0.4, 0.5) is 0 Å². The smallest absolute Gasteiger partial charge is 0.251 e. The zero-order valence-electron chi connectivity index (χ0n) is 11.5. The zero-order valence-corrected chi connectivity index (χ0v) is 11.5. The Balaban J connectivity index is 1.85. The lowest BCUT2D eigenvalue weighted by Crippen LogP contribution is -2.32. The van der Waals surface area contributed by atoms with Crippen LogP contribution < -0.4 is 11.1 Å². The molecule has 0 aromatic heterocycles. The molecular formula is C16H20N2O2. The van der Waals surface area contributed by atoms with Gasteiger partial charge in [-0.25, -0.2) is 0 Å². The number of nitrogens with one attached hydrogen (secondary N) is 1. The van der Waals surface area contributed by atoms with E-state index in [9.17, 15) is 4.79 Å². The van der Waals surface area contributed by atoms with Crippen LogP contribution in [0, 0.1) is 17.8 Å². The molecule has 0 radical (unpaired) electrons. The van der Waals surface area contributed by atoms with Crippen molar-refractivity contribution < 1.29 is 9.53 Å². The molecule has 0 spiro atoms. The standard InChI is InChI=1S/C16H20N2O2/c17-9-1-2-13-3-5-15(6-4-13)16(19)18-12-14-7-10-20-11-8-14/h3-6,14H,7-12,17H2,(H,18,19). The van der Waals surface area contributed by atoms with Crippen LogP contribution >= 0.6 is 0 Å². The number of carbonyl (C=O) groups excluding carboxylic acids is 1. The summed E-state index contributed by atoms with van der Waals surface area (Å²) >= 11 is 0. The molecule has 20 heavy (non-hydrogen) atoms. The fraction of sp³-hybridized carbons (Fsp3) is 0.438. The third-order valence-electron chi connectivity index (χ3n) is 3.37. The quantitative estimate of drug-likeness (QED) is 0.811. The molecule has 0 unspecified atom stereocenters. The monoisotopic (exact) mass is 272 g/mol. The minimum absolute atomic E-state index is 0.0326. The van der Waals surface area contributed by atoms with E-state index in [1.165, 1.54) is 0 Å². The minimum Gasteiger partial charge on any atom is -0.381 e. The molecule has 1 aromatic rings. The van der Waals surface area contributed by atoms with E-state index in [0.717, 1.165) is 38.2 Å². The molecule has 3 N–H and O–H groups in total. The number of hydrogen-bond acceptors (Lipinski definition) is 3. The van der Waals surface area contributed by atoms with Crippen LogP contribution in [0.2, 0.25) is 0 Å². The Morgan fingerprint density at radius 2 is 2.00 bits per heavy atom. The summed E-state index contributed by atoms with van der Waals surface area (Å²) in [5, 5.41) is 2.98. The highest BCUT2D eigenvalue weighted by molar-refractivity contribution is 5.94. The SMILES string of the molecule is NCC#Cc1ccc(C(=O)NCC2CCOCC2)cc1. The van der Waals surface area contributed by atoms with Crippen molar-refractivity contribution in [1.29, 1.82) is 0 Å². The first-order chi connectivity index (χ1) is 9.79. The second kappa shape index (κ2) is 7.68. The van der Waals surface area contributed by atoms with Crippen molar-refractivity contribution in [1.82, 2.24) is 5.32 Å². The van der Waals surface area contributed by atoms with E-state index in [4.69, 9.17) is 10.5 Å². The highest BCUT2D eigenvalue weighted by atomic mass is 16.5. The number of ether oxygens (including phenoxy) is 1. The van der Waals surface area contributed by atoms with Gasteiger partial charge in [-0.2, -0.15) is 0 Å². The summed E-state index contributed by atoms with van der Waals surface area (Å²) in [6.45, 7) is 2.66. The maximum Gasteiger partial charge on any atom is 0.251 e. The number of hydrogen-bond donors (Lipinski definition) is 2. The van der Waals surface area contributed by atoms with Crippen molar-refractivity contribution in [2.45, 2.75) is 12.8 Å². The molecule has 1 heterocycles. The lowest BCUT2D eigenvalue weighted by atomic mass is 10.0. The maximum absolute atomic E-state index is 12.0. The van der Waals surface area contributed by atoms with Gasteiger partial charge in [0.2, 0.25) is 0 Å². The van der Waals surface area contributed by atoms with Gasteiger partial charge >= 0.3 is 0 Å². The van der Waals surface area contributed by atoms with E-state index in [0.29, 0.717) is 18.0 Å². The maximum atomic E-state index is 12.0. The molecule has 106 valence electrons. The van der Waals surface area contributed by atoms with Gasteiger partial charge < -0.3 is 15.8 Å². The Labute approximate surface area is 119 Å². The molecule has 1 fully saturated rings. The summed E-state index contributed by atoms with van der Waals surface area (Å²) in [5.74, 6) is 6.22. The fourth-order valence-corrected chi connectivity index (χ4v) is 2.15. The van der Waals surface area contributed by atoms with Gasteiger partial charge in [-0.3, -0.25) is 4.79 Å². The van der Waals surface area contributed by atoms with E-state index >= 15 is 0 Å². The van der Waals surface area contributed by atoms with Crippen LogP contribution in [0.5, 0.6) is 0 Å². The highest BCUT2D eigenvalue weighted by Crippen LogP contribution is 2.13. The van der Waals surface area contributed by atoms with E-state index in [-0.39, 0.29) is 5.91 Å². The topological polar surface area (TPSA) is 64.4 Å². The Morgan fingerprint density at radius 3 is 2.65 bits per heavy atom.